The number of aliphatic hydroxyl groups is 1. The van der Waals surface area contributed by atoms with E-state index in [1.165, 1.54) is 12.8 Å². The molecule has 0 bridgehead atoms. The van der Waals surface area contributed by atoms with Gasteiger partial charge in [0.25, 0.3) is 0 Å². The summed E-state index contributed by atoms with van der Waals surface area (Å²) in [6.45, 7) is 1.55. The van der Waals surface area contributed by atoms with Crippen molar-refractivity contribution >= 4 is 0 Å². The monoisotopic (exact) mass is 209 g/mol. The molecule has 1 saturated carbocycles. The molecule has 1 aliphatic rings. The Morgan fingerprint density at radius 2 is 2.40 bits per heavy atom. The number of rotatable bonds is 5. The lowest BCUT2D eigenvalue weighted by Crippen LogP contribution is -2.30. The molecule has 1 heterocycles. The van der Waals surface area contributed by atoms with Crippen LogP contribution >= 0.6 is 0 Å². The Bertz CT molecular complexity index is 319. The van der Waals surface area contributed by atoms with E-state index in [4.69, 9.17) is 0 Å². The van der Waals surface area contributed by atoms with E-state index in [0.29, 0.717) is 5.92 Å². The summed E-state index contributed by atoms with van der Waals surface area (Å²) < 4.78 is 2.01. The van der Waals surface area contributed by atoms with Crippen LogP contribution in [0.2, 0.25) is 0 Å². The number of imidazole rings is 1. The highest BCUT2D eigenvalue weighted by Gasteiger charge is 2.30. The highest BCUT2D eigenvalue weighted by Crippen LogP contribution is 2.32. The summed E-state index contributed by atoms with van der Waals surface area (Å²) in [4.78, 5) is 6.39. The van der Waals surface area contributed by atoms with E-state index in [9.17, 15) is 5.11 Å². The van der Waals surface area contributed by atoms with Crippen LogP contribution in [0.4, 0.5) is 0 Å². The third-order valence-electron chi connectivity index (χ3n) is 3.00. The van der Waals surface area contributed by atoms with Gasteiger partial charge in [0.1, 0.15) is 5.82 Å². The molecule has 2 rings (SSSR count). The van der Waals surface area contributed by atoms with Crippen LogP contribution in [0.5, 0.6) is 0 Å². The molecular formula is C11H19N3O. The van der Waals surface area contributed by atoms with Gasteiger partial charge in [-0.15, -0.1) is 0 Å². The zero-order chi connectivity index (χ0) is 10.8. The van der Waals surface area contributed by atoms with Crippen LogP contribution in [-0.4, -0.2) is 39.3 Å². The SMILES string of the molecule is CN(Cc1nccn1C)CC(O)C1CC1. The van der Waals surface area contributed by atoms with Crippen molar-refractivity contribution in [2.75, 3.05) is 13.6 Å². The first-order chi connectivity index (χ1) is 7.16. The molecular weight excluding hydrogens is 190 g/mol. The highest BCUT2D eigenvalue weighted by atomic mass is 16.3. The number of hydrogen-bond donors (Lipinski definition) is 1. The minimum Gasteiger partial charge on any atom is -0.392 e. The summed E-state index contributed by atoms with van der Waals surface area (Å²) in [7, 11) is 4.02. The lowest BCUT2D eigenvalue weighted by Gasteiger charge is -2.19. The molecule has 1 aliphatic carbocycles. The molecule has 1 N–H and O–H groups in total. The predicted octanol–water partition coefficient (Wildman–Crippen LogP) is 0.623. The van der Waals surface area contributed by atoms with Crippen LogP contribution < -0.4 is 0 Å². The van der Waals surface area contributed by atoms with Gasteiger partial charge in [-0.1, -0.05) is 0 Å². The van der Waals surface area contributed by atoms with E-state index in [0.717, 1.165) is 18.9 Å². The van der Waals surface area contributed by atoms with E-state index in [-0.39, 0.29) is 6.10 Å². The van der Waals surface area contributed by atoms with Crippen molar-refractivity contribution < 1.29 is 5.11 Å². The summed E-state index contributed by atoms with van der Waals surface area (Å²) in [6.07, 6.45) is 5.98. The van der Waals surface area contributed by atoms with Gasteiger partial charge >= 0.3 is 0 Å². The van der Waals surface area contributed by atoms with E-state index in [1.807, 2.05) is 24.9 Å². The first-order valence-corrected chi connectivity index (χ1v) is 5.49. The molecule has 1 atom stereocenters. The van der Waals surface area contributed by atoms with Crippen molar-refractivity contribution in [1.82, 2.24) is 14.5 Å². The average Bonchev–Trinajstić information content (AvgIpc) is 2.94. The van der Waals surface area contributed by atoms with Gasteiger partial charge in [-0.3, -0.25) is 4.90 Å². The van der Waals surface area contributed by atoms with Gasteiger partial charge in [0.2, 0.25) is 0 Å². The molecule has 0 amide bonds. The Morgan fingerprint density at radius 3 is 2.93 bits per heavy atom. The molecule has 1 fully saturated rings. The summed E-state index contributed by atoms with van der Waals surface area (Å²) in [5, 5.41) is 9.79. The molecule has 1 unspecified atom stereocenters. The largest absolute Gasteiger partial charge is 0.392 e. The number of aryl methyl sites for hydroxylation is 1. The minimum absolute atomic E-state index is 0.157. The van der Waals surface area contributed by atoms with E-state index in [1.54, 1.807) is 6.20 Å². The normalized spacial score (nSPS) is 18.4. The average molecular weight is 209 g/mol. The predicted molar refractivity (Wildman–Crippen MR) is 58.3 cm³/mol. The fourth-order valence-electron chi connectivity index (χ4n) is 1.80. The van der Waals surface area contributed by atoms with Crippen molar-refractivity contribution in [2.45, 2.75) is 25.5 Å². The molecule has 0 spiro atoms. The van der Waals surface area contributed by atoms with Gasteiger partial charge in [-0.05, 0) is 25.8 Å². The molecule has 0 saturated heterocycles. The fourth-order valence-corrected chi connectivity index (χ4v) is 1.80. The lowest BCUT2D eigenvalue weighted by molar-refractivity contribution is 0.103. The summed E-state index contributed by atoms with van der Waals surface area (Å²) in [6, 6.07) is 0. The number of aliphatic hydroxyl groups excluding tert-OH is 1. The van der Waals surface area contributed by atoms with Gasteiger partial charge < -0.3 is 9.67 Å². The van der Waals surface area contributed by atoms with E-state index in [2.05, 4.69) is 9.88 Å². The number of hydrogen-bond acceptors (Lipinski definition) is 3. The Balaban J connectivity index is 1.81. The second kappa shape index (κ2) is 4.33. The van der Waals surface area contributed by atoms with Gasteiger partial charge in [0.05, 0.1) is 12.6 Å². The molecule has 0 aromatic carbocycles. The molecule has 4 nitrogen and oxygen atoms in total. The van der Waals surface area contributed by atoms with Crippen LogP contribution in [0.1, 0.15) is 18.7 Å². The molecule has 15 heavy (non-hydrogen) atoms. The zero-order valence-corrected chi connectivity index (χ0v) is 9.43. The fraction of sp³-hybridized carbons (Fsp3) is 0.727. The second-order valence-corrected chi connectivity index (χ2v) is 4.56. The number of nitrogens with zero attached hydrogens (tertiary/aromatic N) is 3. The zero-order valence-electron chi connectivity index (χ0n) is 9.43. The van der Waals surface area contributed by atoms with Crippen LogP contribution in [0.25, 0.3) is 0 Å². The first-order valence-electron chi connectivity index (χ1n) is 5.49. The minimum atomic E-state index is -0.157. The Labute approximate surface area is 90.5 Å². The standard InChI is InChI=1S/C11H19N3O/c1-13(7-10(15)9-3-4-9)8-11-12-5-6-14(11)2/h5-6,9-10,15H,3-4,7-8H2,1-2H3. The maximum atomic E-state index is 9.79. The van der Waals surface area contributed by atoms with Crippen LogP contribution in [0, 0.1) is 5.92 Å². The highest BCUT2D eigenvalue weighted by molar-refractivity contribution is 4.91. The maximum absolute atomic E-state index is 9.79. The van der Waals surface area contributed by atoms with Gasteiger partial charge in [-0.25, -0.2) is 4.98 Å². The maximum Gasteiger partial charge on any atom is 0.122 e. The van der Waals surface area contributed by atoms with Gasteiger partial charge in [0.15, 0.2) is 0 Å². The van der Waals surface area contributed by atoms with E-state index >= 15 is 0 Å². The quantitative estimate of drug-likeness (QED) is 0.773. The van der Waals surface area contributed by atoms with Crippen molar-refractivity contribution in [3.8, 4) is 0 Å². The Morgan fingerprint density at radius 1 is 1.67 bits per heavy atom. The number of likely N-dealkylation sites (N-methyl/N-ethyl adjacent to an activating group) is 1. The molecule has 0 radical (unpaired) electrons. The molecule has 1 aromatic heterocycles. The third-order valence-corrected chi connectivity index (χ3v) is 3.00. The molecule has 1 aromatic rings. The van der Waals surface area contributed by atoms with Gasteiger partial charge in [-0.2, -0.15) is 0 Å². The van der Waals surface area contributed by atoms with Crippen LogP contribution in [0.15, 0.2) is 12.4 Å². The van der Waals surface area contributed by atoms with Crippen LogP contribution in [0.3, 0.4) is 0 Å². The summed E-state index contributed by atoms with van der Waals surface area (Å²) >= 11 is 0. The van der Waals surface area contributed by atoms with E-state index < -0.39 is 0 Å². The van der Waals surface area contributed by atoms with Crippen molar-refractivity contribution in [3.05, 3.63) is 18.2 Å². The second-order valence-electron chi connectivity index (χ2n) is 4.56. The van der Waals surface area contributed by atoms with Crippen LogP contribution in [-0.2, 0) is 13.6 Å². The van der Waals surface area contributed by atoms with Crippen molar-refractivity contribution in [2.24, 2.45) is 13.0 Å². The Hall–Kier alpha value is -0.870. The molecule has 84 valence electrons. The van der Waals surface area contributed by atoms with Gasteiger partial charge in [0, 0.05) is 26.0 Å². The first kappa shape index (κ1) is 10.6. The molecule has 4 heteroatoms. The Kier molecular flexibility index (Phi) is 3.07. The van der Waals surface area contributed by atoms with Crippen molar-refractivity contribution in [3.63, 3.8) is 0 Å². The lowest BCUT2D eigenvalue weighted by atomic mass is 10.2. The number of aromatic nitrogens is 2. The summed E-state index contributed by atoms with van der Waals surface area (Å²) in [5.74, 6) is 1.59. The third kappa shape index (κ3) is 2.79. The molecule has 0 aliphatic heterocycles. The smallest absolute Gasteiger partial charge is 0.122 e. The van der Waals surface area contributed by atoms with Crippen molar-refractivity contribution in [1.29, 1.82) is 0 Å². The topological polar surface area (TPSA) is 41.3 Å². The summed E-state index contributed by atoms with van der Waals surface area (Å²) in [5.41, 5.74) is 0.